The van der Waals surface area contributed by atoms with Crippen LogP contribution >= 0.6 is 0 Å². The molecule has 1 aromatic carbocycles. The first-order chi connectivity index (χ1) is 11.8. The fourth-order valence-corrected chi connectivity index (χ4v) is 4.30. The van der Waals surface area contributed by atoms with Crippen LogP contribution in [0.2, 0.25) is 0 Å². The minimum Gasteiger partial charge on any atom is -0.495 e. The number of benzene rings is 1. The van der Waals surface area contributed by atoms with Crippen molar-refractivity contribution in [2.24, 2.45) is 7.05 Å². The highest BCUT2D eigenvalue weighted by Crippen LogP contribution is 2.30. The molecule has 1 aliphatic heterocycles. The summed E-state index contributed by atoms with van der Waals surface area (Å²) in [7, 11) is -0.505. The van der Waals surface area contributed by atoms with Gasteiger partial charge in [0, 0.05) is 18.8 Å². The molecule has 0 N–H and O–H groups in total. The standard InChI is InChI=1S/C17H20N2O5S/c1-12-8-13(9-17(20)18(12)2)24-14-10-19(11-14)25(21,22)16-7-5-4-6-15(16)23-3/h4-9,14H,10-11H2,1-3H3. The highest BCUT2D eigenvalue weighted by molar-refractivity contribution is 7.89. The first kappa shape index (κ1) is 17.5. The van der Waals surface area contributed by atoms with Gasteiger partial charge in [0.1, 0.15) is 22.5 Å². The lowest BCUT2D eigenvalue weighted by molar-refractivity contribution is 0.0758. The molecule has 0 amide bonds. The lowest BCUT2D eigenvalue weighted by Gasteiger charge is -2.38. The van der Waals surface area contributed by atoms with E-state index in [1.165, 1.54) is 28.1 Å². The molecule has 0 saturated carbocycles. The van der Waals surface area contributed by atoms with Crippen LogP contribution in [0.1, 0.15) is 5.69 Å². The van der Waals surface area contributed by atoms with Crippen LogP contribution in [0, 0.1) is 6.92 Å². The Morgan fingerprint density at radius 3 is 2.48 bits per heavy atom. The smallest absolute Gasteiger partial charge is 0.254 e. The molecule has 0 atom stereocenters. The van der Waals surface area contributed by atoms with E-state index in [2.05, 4.69) is 0 Å². The molecule has 25 heavy (non-hydrogen) atoms. The number of para-hydroxylation sites is 1. The Balaban J connectivity index is 1.71. The van der Waals surface area contributed by atoms with Crippen LogP contribution in [-0.4, -0.2) is 43.6 Å². The second-order valence-electron chi connectivity index (χ2n) is 5.94. The molecule has 0 spiro atoms. The maximum atomic E-state index is 12.7. The van der Waals surface area contributed by atoms with Gasteiger partial charge in [-0.15, -0.1) is 0 Å². The highest BCUT2D eigenvalue weighted by Gasteiger charge is 2.39. The van der Waals surface area contributed by atoms with Gasteiger partial charge in [0.2, 0.25) is 10.0 Å². The molecule has 0 bridgehead atoms. The van der Waals surface area contributed by atoms with Crippen LogP contribution < -0.4 is 15.0 Å². The van der Waals surface area contributed by atoms with E-state index in [-0.39, 0.29) is 29.6 Å². The minimum atomic E-state index is -3.63. The molecule has 3 rings (SSSR count). The number of hydrogen-bond donors (Lipinski definition) is 0. The molecule has 0 unspecified atom stereocenters. The molecule has 2 heterocycles. The van der Waals surface area contributed by atoms with E-state index in [0.717, 1.165) is 5.69 Å². The van der Waals surface area contributed by atoms with Gasteiger partial charge in [-0.25, -0.2) is 8.42 Å². The summed E-state index contributed by atoms with van der Waals surface area (Å²) in [4.78, 5) is 11.9. The van der Waals surface area contributed by atoms with Crippen LogP contribution in [0.5, 0.6) is 11.5 Å². The molecule has 1 fully saturated rings. The van der Waals surface area contributed by atoms with Crippen LogP contribution in [0.3, 0.4) is 0 Å². The van der Waals surface area contributed by atoms with Crippen LogP contribution in [0.15, 0.2) is 46.1 Å². The normalized spacial score (nSPS) is 15.6. The molecule has 134 valence electrons. The Morgan fingerprint density at radius 1 is 1.16 bits per heavy atom. The average Bonchev–Trinajstić information content (AvgIpc) is 2.55. The quantitative estimate of drug-likeness (QED) is 0.795. The van der Waals surface area contributed by atoms with Gasteiger partial charge in [0.25, 0.3) is 5.56 Å². The van der Waals surface area contributed by atoms with Crippen molar-refractivity contribution in [2.75, 3.05) is 20.2 Å². The zero-order valence-electron chi connectivity index (χ0n) is 14.3. The summed E-state index contributed by atoms with van der Waals surface area (Å²) in [5.41, 5.74) is 0.619. The van der Waals surface area contributed by atoms with Gasteiger partial charge in [-0.3, -0.25) is 4.79 Å². The topological polar surface area (TPSA) is 77.8 Å². The molecule has 1 saturated heterocycles. The summed E-state index contributed by atoms with van der Waals surface area (Å²) >= 11 is 0. The molecular weight excluding hydrogens is 344 g/mol. The van der Waals surface area contributed by atoms with Crippen molar-refractivity contribution in [3.05, 3.63) is 52.4 Å². The number of nitrogens with zero attached hydrogens (tertiary/aromatic N) is 2. The van der Waals surface area contributed by atoms with E-state index >= 15 is 0 Å². The summed E-state index contributed by atoms with van der Waals surface area (Å²) in [5.74, 6) is 0.772. The molecular formula is C17H20N2O5S. The van der Waals surface area contributed by atoms with E-state index in [1.807, 2.05) is 6.92 Å². The van der Waals surface area contributed by atoms with Crippen molar-refractivity contribution in [2.45, 2.75) is 17.9 Å². The summed E-state index contributed by atoms with van der Waals surface area (Å²) in [6.45, 7) is 2.27. The molecule has 1 aliphatic rings. The zero-order valence-corrected chi connectivity index (χ0v) is 15.1. The first-order valence-electron chi connectivity index (χ1n) is 7.80. The van der Waals surface area contributed by atoms with Gasteiger partial charge in [-0.1, -0.05) is 12.1 Å². The lowest BCUT2D eigenvalue weighted by atomic mass is 10.2. The third kappa shape index (κ3) is 3.27. The second kappa shape index (κ2) is 6.53. The van der Waals surface area contributed by atoms with Crippen molar-refractivity contribution < 1.29 is 17.9 Å². The SMILES string of the molecule is COc1ccccc1S(=O)(=O)N1CC(Oc2cc(C)n(C)c(=O)c2)C1. The average molecular weight is 364 g/mol. The Bertz CT molecular complexity index is 946. The monoisotopic (exact) mass is 364 g/mol. The predicted molar refractivity (Wildman–Crippen MR) is 92.6 cm³/mol. The number of sulfonamides is 1. The fourth-order valence-electron chi connectivity index (χ4n) is 2.64. The Kier molecular flexibility index (Phi) is 4.57. The lowest BCUT2D eigenvalue weighted by Crippen LogP contribution is -2.56. The molecule has 8 heteroatoms. The molecule has 7 nitrogen and oxygen atoms in total. The van der Waals surface area contributed by atoms with Crippen molar-refractivity contribution in [3.8, 4) is 11.5 Å². The van der Waals surface area contributed by atoms with E-state index in [9.17, 15) is 13.2 Å². The van der Waals surface area contributed by atoms with Crippen molar-refractivity contribution in [1.82, 2.24) is 8.87 Å². The number of methoxy groups -OCH3 is 1. The van der Waals surface area contributed by atoms with E-state index in [0.29, 0.717) is 11.5 Å². The summed E-state index contributed by atoms with van der Waals surface area (Å²) in [6, 6.07) is 9.68. The number of aryl methyl sites for hydroxylation is 1. The maximum Gasteiger partial charge on any atom is 0.254 e. The van der Waals surface area contributed by atoms with Crippen molar-refractivity contribution in [1.29, 1.82) is 0 Å². The Hall–Kier alpha value is -2.32. The third-order valence-corrected chi connectivity index (χ3v) is 6.15. The van der Waals surface area contributed by atoms with E-state index < -0.39 is 10.0 Å². The van der Waals surface area contributed by atoms with Crippen LogP contribution in [0.4, 0.5) is 0 Å². The molecule has 0 aliphatic carbocycles. The summed E-state index contributed by atoms with van der Waals surface area (Å²) < 4.78 is 39.1. The second-order valence-corrected chi connectivity index (χ2v) is 7.85. The number of aromatic nitrogens is 1. The van der Waals surface area contributed by atoms with Gasteiger partial charge in [0.15, 0.2) is 0 Å². The van der Waals surface area contributed by atoms with Crippen molar-refractivity contribution >= 4 is 10.0 Å². The number of pyridine rings is 1. The Labute approximate surface area is 146 Å². The van der Waals surface area contributed by atoms with Crippen LogP contribution in [-0.2, 0) is 17.1 Å². The zero-order chi connectivity index (χ0) is 18.2. The molecule has 0 radical (unpaired) electrons. The van der Waals surface area contributed by atoms with E-state index in [4.69, 9.17) is 9.47 Å². The predicted octanol–water partition coefficient (Wildman–Crippen LogP) is 1.15. The van der Waals surface area contributed by atoms with Crippen LogP contribution in [0.25, 0.3) is 0 Å². The number of hydrogen-bond acceptors (Lipinski definition) is 5. The maximum absolute atomic E-state index is 12.7. The largest absolute Gasteiger partial charge is 0.495 e. The Morgan fingerprint density at radius 2 is 1.84 bits per heavy atom. The highest BCUT2D eigenvalue weighted by atomic mass is 32.2. The summed E-state index contributed by atoms with van der Waals surface area (Å²) in [5, 5.41) is 0. The summed E-state index contributed by atoms with van der Waals surface area (Å²) in [6.07, 6.45) is -0.281. The molecule has 1 aromatic heterocycles. The van der Waals surface area contributed by atoms with Crippen molar-refractivity contribution in [3.63, 3.8) is 0 Å². The number of rotatable bonds is 5. The fraction of sp³-hybridized carbons (Fsp3) is 0.353. The van der Waals surface area contributed by atoms with Gasteiger partial charge in [-0.05, 0) is 25.1 Å². The van der Waals surface area contributed by atoms with Gasteiger partial charge < -0.3 is 14.0 Å². The van der Waals surface area contributed by atoms with Gasteiger partial charge >= 0.3 is 0 Å². The van der Waals surface area contributed by atoms with Gasteiger partial charge in [0.05, 0.1) is 20.2 Å². The number of ether oxygens (including phenoxy) is 2. The first-order valence-corrected chi connectivity index (χ1v) is 9.24. The molecule has 2 aromatic rings. The van der Waals surface area contributed by atoms with Gasteiger partial charge in [-0.2, -0.15) is 4.31 Å². The third-order valence-electron chi connectivity index (χ3n) is 4.28. The van der Waals surface area contributed by atoms with E-state index in [1.54, 1.807) is 31.3 Å². The minimum absolute atomic E-state index is 0.139.